The first-order valence-electron chi connectivity index (χ1n) is 6.87. The van der Waals surface area contributed by atoms with Gasteiger partial charge in [-0.2, -0.15) is 0 Å². The van der Waals surface area contributed by atoms with Gasteiger partial charge in [-0.15, -0.1) is 0 Å². The molecular formula is C16H21N3OS. The number of carbonyl (C=O) groups excluding carboxylic acids is 1. The second-order valence-corrected chi connectivity index (χ2v) is 6.90. The second kappa shape index (κ2) is 6.35. The summed E-state index contributed by atoms with van der Waals surface area (Å²) in [4.78, 5) is 16.3. The highest BCUT2D eigenvalue weighted by atomic mass is 32.2. The molecule has 1 aromatic carbocycles. The normalized spacial score (nSPS) is 11.4. The number of benzene rings is 1. The SMILES string of the molecule is Cn1ccnc1SCC(=O)Nc1ccccc1C(C)(C)C. The minimum absolute atomic E-state index is 0.00328. The van der Waals surface area contributed by atoms with E-state index in [9.17, 15) is 4.79 Å². The minimum atomic E-state index is -0.0142. The minimum Gasteiger partial charge on any atom is -0.329 e. The molecule has 1 amide bonds. The lowest BCUT2D eigenvalue weighted by molar-refractivity contribution is -0.113. The van der Waals surface area contributed by atoms with Gasteiger partial charge in [-0.1, -0.05) is 50.7 Å². The van der Waals surface area contributed by atoms with Crippen molar-refractivity contribution < 1.29 is 4.79 Å². The lowest BCUT2D eigenvalue weighted by Crippen LogP contribution is -2.20. The first-order valence-corrected chi connectivity index (χ1v) is 7.86. The van der Waals surface area contributed by atoms with Gasteiger partial charge in [-0.25, -0.2) is 4.98 Å². The van der Waals surface area contributed by atoms with Crippen LogP contribution in [0, 0.1) is 0 Å². The largest absolute Gasteiger partial charge is 0.329 e. The topological polar surface area (TPSA) is 46.9 Å². The average molecular weight is 303 g/mol. The van der Waals surface area contributed by atoms with Crippen molar-refractivity contribution in [2.45, 2.75) is 31.3 Å². The third-order valence-corrected chi connectivity index (χ3v) is 4.18. The zero-order valence-corrected chi connectivity index (χ0v) is 13.7. The molecule has 21 heavy (non-hydrogen) atoms. The molecule has 0 atom stereocenters. The molecule has 0 spiro atoms. The lowest BCUT2D eigenvalue weighted by Gasteiger charge is -2.22. The Balaban J connectivity index is 2.02. The highest BCUT2D eigenvalue weighted by Gasteiger charge is 2.18. The first kappa shape index (κ1) is 15.6. The molecule has 0 aliphatic heterocycles. The van der Waals surface area contributed by atoms with Crippen molar-refractivity contribution in [1.29, 1.82) is 0 Å². The summed E-state index contributed by atoms with van der Waals surface area (Å²) < 4.78 is 1.90. The van der Waals surface area contributed by atoms with Crippen molar-refractivity contribution in [3.8, 4) is 0 Å². The van der Waals surface area contributed by atoms with Crippen molar-refractivity contribution in [3.63, 3.8) is 0 Å². The predicted octanol–water partition coefficient (Wildman–Crippen LogP) is 3.45. The van der Waals surface area contributed by atoms with Crippen molar-refractivity contribution in [2.24, 2.45) is 7.05 Å². The maximum Gasteiger partial charge on any atom is 0.234 e. The molecule has 0 fully saturated rings. The summed E-state index contributed by atoms with van der Waals surface area (Å²) in [5, 5.41) is 3.84. The number of carbonyl (C=O) groups is 1. The molecule has 1 aromatic heterocycles. The van der Waals surface area contributed by atoms with Crippen LogP contribution in [-0.4, -0.2) is 21.2 Å². The molecular weight excluding hydrogens is 282 g/mol. The highest BCUT2D eigenvalue weighted by molar-refractivity contribution is 7.99. The van der Waals surface area contributed by atoms with E-state index < -0.39 is 0 Å². The van der Waals surface area contributed by atoms with Crippen LogP contribution in [0.1, 0.15) is 26.3 Å². The molecule has 0 saturated carbocycles. The zero-order chi connectivity index (χ0) is 15.5. The van der Waals surface area contributed by atoms with E-state index in [1.54, 1.807) is 6.20 Å². The molecule has 5 heteroatoms. The molecule has 0 unspecified atom stereocenters. The number of aryl methyl sites for hydroxylation is 1. The molecule has 4 nitrogen and oxygen atoms in total. The molecule has 0 aliphatic carbocycles. The molecule has 2 aromatic rings. The molecule has 1 heterocycles. The number of nitrogens with zero attached hydrogens (tertiary/aromatic N) is 2. The quantitative estimate of drug-likeness (QED) is 0.880. The van der Waals surface area contributed by atoms with Gasteiger partial charge in [-0.05, 0) is 17.0 Å². The predicted molar refractivity (Wildman–Crippen MR) is 87.7 cm³/mol. The molecule has 2 rings (SSSR count). The number of thioether (sulfide) groups is 1. The van der Waals surface area contributed by atoms with Gasteiger partial charge < -0.3 is 9.88 Å². The number of hydrogen-bond donors (Lipinski definition) is 1. The summed E-state index contributed by atoms with van der Waals surface area (Å²) in [6.07, 6.45) is 3.60. The van der Waals surface area contributed by atoms with Crippen LogP contribution >= 0.6 is 11.8 Å². The fraction of sp³-hybridized carbons (Fsp3) is 0.375. The fourth-order valence-electron chi connectivity index (χ4n) is 2.05. The number of nitrogens with one attached hydrogen (secondary N) is 1. The van der Waals surface area contributed by atoms with Gasteiger partial charge in [0.15, 0.2) is 5.16 Å². The summed E-state index contributed by atoms with van der Waals surface area (Å²) in [5.41, 5.74) is 2.02. The molecule has 0 saturated heterocycles. The van der Waals surface area contributed by atoms with E-state index in [0.29, 0.717) is 5.75 Å². The van der Waals surface area contributed by atoms with Gasteiger partial charge >= 0.3 is 0 Å². The number of aromatic nitrogens is 2. The Labute approximate surface area is 130 Å². The smallest absolute Gasteiger partial charge is 0.234 e. The summed E-state index contributed by atoms with van der Waals surface area (Å²) >= 11 is 1.43. The van der Waals surface area contributed by atoms with E-state index in [4.69, 9.17) is 0 Å². The maximum absolute atomic E-state index is 12.1. The van der Waals surface area contributed by atoms with Crippen LogP contribution in [0.5, 0.6) is 0 Å². The average Bonchev–Trinajstić information content (AvgIpc) is 2.81. The third kappa shape index (κ3) is 4.11. The van der Waals surface area contributed by atoms with Crippen LogP contribution in [0.2, 0.25) is 0 Å². The second-order valence-electron chi connectivity index (χ2n) is 5.95. The number of rotatable bonds is 4. The van der Waals surface area contributed by atoms with Gasteiger partial charge in [-0.3, -0.25) is 4.79 Å². The van der Waals surface area contributed by atoms with Gasteiger partial charge in [0.25, 0.3) is 0 Å². The van der Waals surface area contributed by atoms with Gasteiger partial charge in [0.1, 0.15) is 0 Å². The van der Waals surface area contributed by atoms with E-state index in [-0.39, 0.29) is 11.3 Å². The van der Waals surface area contributed by atoms with Gasteiger partial charge in [0.05, 0.1) is 5.75 Å². The first-order chi connectivity index (χ1) is 9.88. The van der Waals surface area contributed by atoms with Crippen molar-refractivity contribution in [2.75, 3.05) is 11.1 Å². The van der Waals surface area contributed by atoms with Crippen molar-refractivity contribution in [3.05, 3.63) is 42.2 Å². The summed E-state index contributed by atoms with van der Waals surface area (Å²) in [7, 11) is 1.92. The Morgan fingerprint density at radius 1 is 1.33 bits per heavy atom. The number of hydrogen-bond acceptors (Lipinski definition) is 3. The van der Waals surface area contributed by atoms with E-state index in [1.165, 1.54) is 11.8 Å². The van der Waals surface area contributed by atoms with E-state index in [2.05, 4.69) is 37.1 Å². The number of amides is 1. The molecule has 0 bridgehead atoms. The highest BCUT2D eigenvalue weighted by Crippen LogP contribution is 2.29. The third-order valence-electron chi connectivity index (χ3n) is 3.12. The van der Waals surface area contributed by atoms with E-state index >= 15 is 0 Å². The molecule has 1 N–H and O–H groups in total. The molecule has 0 aliphatic rings. The van der Waals surface area contributed by atoms with Crippen LogP contribution in [0.3, 0.4) is 0 Å². The van der Waals surface area contributed by atoms with Crippen LogP contribution in [0.15, 0.2) is 41.8 Å². The lowest BCUT2D eigenvalue weighted by atomic mass is 9.86. The monoisotopic (exact) mass is 303 g/mol. The number of para-hydroxylation sites is 1. The Hall–Kier alpha value is -1.75. The van der Waals surface area contributed by atoms with Gasteiger partial charge in [0, 0.05) is 25.1 Å². The standard InChI is InChI=1S/C16H21N3OS/c1-16(2,3)12-7-5-6-8-13(12)18-14(20)11-21-15-17-9-10-19(15)4/h5-10H,11H2,1-4H3,(H,18,20). The fourth-order valence-corrected chi connectivity index (χ4v) is 2.79. The number of imidazole rings is 1. The zero-order valence-electron chi connectivity index (χ0n) is 12.9. The Bertz CT molecular complexity index is 628. The number of anilines is 1. The summed E-state index contributed by atoms with van der Waals surface area (Å²) in [6.45, 7) is 6.42. The van der Waals surface area contributed by atoms with Crippen LogP contribution in [0.4, 0.5) is 5.69 Å². The van der Waals surface area contributed by atoms with Crippen molar-refractivity contribution in [1.82, 2.24) is 9.55 Å². The van der Waals surface area contributed by atoms with E-state index in [1.807, 2.05) is 36.0 Å². The maximum atomic E-state index is 12.1. The van der Waals surface area contributed by atoms with E-state index in [0.717, 1.165) is 16.4 Å². The molecule has 0 radical (unpaired) electrons. The van der Waals surface area contributed by atoms with Crippen LogP contribution < -0.4 is 5.32 Å². The molecule has 112 valence electrons. The van der Waals surface area contributed by atoms with Gasteiger partial charge in [0.2, 0.25) is 5.91 Å². The Morgan fingerprint density at radius 2 is 2.05 bits per heavy atom. The Kier molecular flexibility index (Phi) is 4.73. The van der Waals surface area contributed by atoms with Crippen LogP contribution in [-0.2, 0) is 17.3 Å². The van der Waals surface area contributed by atoms with Crippen LogP contribution in [0.25, 0.3) is 0 Å². The Morgan fingerprint density at radius 3 is 2.67 bits per heavy atom. The summed E-state index contributed by atoms with van der Waals surface area (Å²) in [5.74, 6) is 0.336. The summed E-state index contributed by atoms with van der Waals surface area (Å²) in [6, 6.07) is 7.95. The van der Waals surface area contributed by atoms with Crippen molar-refractivity contribution >= 4 is 23.4 Å².